The first-order valence-corrected chi connectivity index (χ1v) is 12.4. The van der Waals surface area contributed by atoms with Gasteiger partial charge in [0.2, 0.25) is 0 Å². The van der Waals surface area contributed by atoms with Gasteiger partial charge >= 0.3 is 5.97 Å². The van der Waals surface area contributed by atoms with E-state index in [0.717, 1.165) is 12.1 Å². The molecule has 2 N–H and O–H groups in total. The van der Waals surface area contributed by atoms with Crippen LogP contribution in [0.25, 0.3) is 16.9 Å². The average Bonchev–Trinajstić information content (AvgIpc) is 3.23. The molecule has 1 aromatic heterocycles. The lowest BCUT2D eigenvalue weighted by molar-refractivity contribution is -0.384. The Morgan fingerprint density at radius 3 is 2.21 bits per heavy atom. The summed E-state index contributed by atoms with van der Waals surface area (Å²) in [5, 5.41) is 22.0. The maximum Gasteiger partial charge on any atom is 0.338 e. The molecule has 194 valence electrons. The quantitative estimate of drug-likeness (QED) is 0.107. The van der Waals surface area contributed by atoms with Crippen LogP contribution in [0.15, 0.2) is 92.7 Å². The van der Waals surface area contributed by atoms with Crippen LogP contribution in [0.3, 0.4) is 0 Å². The zero-order chi connectivity index (χ0) is 27.4. The third kappa shape index (κ3) is 5.55. The van der Waals surface area contributed by atoms with E-state index < -0.39 is 26.6 Å². The highest BCUT2D eigenvalue weighted by Crippen LogP contribution is 2.30. The predicted molar refractivity (Wildman–Crippen MR) is 135 cm³/mol. The molecular formula is C24H19N5O8S. The summed E-state index contributed by atoms with van der Waals surface area (Å²) in [6.45, 7) is 1.89. The van der Waals surface area contributed by atoms with Crippen molar-refractivity contribution in [1.82, 2.24) is 9.78 Å². The maximum absolute atomic E-state index is 13.3. The topological polar surface area (TPSA) is 186 Å². The Hall–Kier alpha value is -4.95. The van der Waals surface area contributed by atoms with Gasteiger partial charge in [0.25, 0.3) is 21.4 Å². The van der Waals surface area contributed by atoms with Gasteiger partial charge in [0.1, 0.15) is 0 Å². The molecule has 0 amide bonds. The number of aromatic nitrogens is 2. The van der Waals surface area contributed by atoms with Crippen LogP contribution in [0.4, 0.5) is 17.1 Å². The first-order valence-electron chi connectivity index (χ1n) is 10.9. The second-order valence-electron chi connectivity index (χ2n) is 7.72. The Kier molecular flexibility index (Phi) is 7.27. The number of hydrogen-bond acceptors (Lipinski definition) is 9. The van der Waals surface area contributed by atoms with E-state index in [1.54, 1.807) is 6.92 Å². The summed E-state index contributed by atoms with van der Waals surface area (Å²) >= 11 is 0. The summed E-state index contributed by atoms with van der Waals surface area (Å²) < 4.78 is 37.8. The van der Waals surface area contributed by atoms with Gasteiger partial charge in [0.15, 0.2) is 5.69 Å². The standard InChI is InChI=1S/C24H19N5O8S/c1-2-37-24(31)16-5-9-18(10-6-16)28-23(30)22(21(27-28)15-3-11-19(12-4-15)29(32)33)26-25-17-7-13-20(14-8-17)38(34,35)36/h3-14,27H,2H2,1H3,(H,34,35,36). The van der Waals surface area contributed by atoms with Gasteiger partial charge in [-0.05, 0) is 67.6 Å². The monoisotopic (exact) mass is 537 g/mol. The summed E-state index contributed by atoms with van der Waals surface area (Å²) in [6.07, 6.45) is 0. The van der Waals surface area contributed by atoms with Crippen LogP contribution >= 0.6 is 0 Å². The second kappa shape index (κ2) is 10.6. The van der Waals surface area contributed by atoms with Crippen molar-refractivity contribution in [2.45, 2.75) is 11.8 Å². The summed E-state index contributed by atoms with van der Waals surface area (Å²) in [7, 11) is -4.39. The third-order valence-electron chi connectivity index (χ3n) is 5.27. The van der Waals surface area contributed by atoms with E-state index in [1.165, 1.54) is 65.3 Å². The van der Waals surface area contributed by atoms with Crippen molar-refractivity contribution in [1.29, 1.82) is 0 Å². The lowest BCUT2D eigenvalue weighted by Crippen LogP contribution is -2.14. The number of rotatable bonds is 8. The van der Waals surface area contributed by atoms with E-state index in [0.29, 0.717) is 16.8 Å². The fraction of sp³-hybridized carbons (Fsp3) is 0.0833. The Labute approximate surface area is 214 Å². The molecule has 13 nitrogen and oxygen atoms in total. The van der Waals surface area contributed by atoms with Gasteiger partial charge in [-0.2, -0.15) is 13.5 Å². The number of hydrogen-bond donors (Lipinski definition) is 2. The van der Waals surface area contributed by atoms with E-state index in [-0.39, 0.29) is 34.3 Å². The van der Waals surface area contributed by atoms with Crippen LogP contribution < -0.4 is 5.56 Å². The van der Waals surface area contributed by atoms with E-state index >= 15 is 0 Å². The summed E-state index contributed by atoms with van der Waals surface area (Å²) in [6, 6.07) is 16.3. The van der Waals surface area contributed by atoms with Crippen LogP contribution in [0, 0.1) is 10.1 Å². The minimum absolute atomic E-state index is 0.132. The van der Waals surface area contributed by atoms with Crippen molar-refractivity contribution < 1.29 is 27.4 Å². The van der Waals surface area contributed by atoms with Gasteiger partial charge in [0, 0.05) is 17.7 Å². The highest BCUT2D eigenvalue weighted by atomic mass is 32.2. The van der Waals surface area contributed by atoms with E-state index in [2.05, 4.69) is 15.3 Å². The Morgan fingerprint density at radius 1 is 1.03 bits per heavy atom. The number of carbonyl (C=O) groups is 1. The maximum atomic E-state index is 13.3. The molecule has 14 heteroatoms. The molecule has 0 aliphatic rings. The Morgan fingerprint density at radius 2 is 1.66 bits per heavy atom. The van der Waals surface area contributed by atoms with Crippen molar-refractivity contribution in [3.8, 4) is 16.9 Å². The molecule has 0 aliphatic heterocycles. The molecule has 3 aromatic carbocycles. The molecule has 4 rings (SSSR count). The number of nitrogens with one attached hydrogen (secondary N) is 1. The van der Waals surface area contributed by atoms with E-state index in [4.69, 9.17) is 9.29 Å². The van der Waals surface area contributed by atoms with Crippen molar-refractivity contribution in [2.24, 2.45) is 10.2 Å². The molecule has 0 radical (unpaired) electrons. The molecule has 0 saturated heterocycles. The largest absolute Gasteiger partial charge is 0.462 e. The number of esters is 1. The Bertz CT molecular complexity index is 1690. The third-order valence-corrected chi connectivity index (χ3v) is 6.14. The summed E-state index contributed by atoms with van der Waals surface area (Å²) in [4.78, 5) is 35.4. The fourth-order valence-electron chi connectivity index (χ4n) is 3.41. The molecule has 1 heterocycles. The number of aromatic amines is 1. The molecule has 0 saturated carbocycles. The number of nitro benzene ring substituents is 1. The second-order valence-corrected chi connectivity index (χ2v) is 9.14. The smallest absolute Gasteiger partial charge is 0.338 e. The van der Waals surface area contributed by atoms with Gasteiger partial charge in [0.05, 0.1) is 39.1 Å². The van der Waals surface area contributed by atoms with Gasteiger partial charge in [-0.15, -0.1) is 5.11 Å². The predicted octanol–water partition coefficient (Wildman–Crippen LogP) is 4.58. The zero-order valence-electron chi connectivity index (χ0n) is 19.6. The molecule has 0 atom stereocenters. The summed E-state index contributed by atoms with van der Waals surface area (Å²) in [5.41, 5.74) is 0.574. The number of benzene rings is 3. The van der Waals surface area contributed by atoms with E-state index in [1.807, 2.05) is 0 Å². The molecule has 0 unspecified atom stereocenters. The fourth-order valence-corrected chi connectivity index (χ4v) is 3.89. The number of nitro groups is 1. The molecule has 0 aliphatic carbocycles. The molecule has 0 spiro atoms. The Balaban J connectivity index is 1.78. The molecule has 4 aromatic rings. The van der Waals surface area contributed by atoms with Crippen molar-refractivity contribution in [3.63, 3.8) is 0 Å². The molecule has 0 fully saturated rings. The number of H-pyrrole nitrogens is 1. The van der Waals surface area contributed by atoms with E-state index in [9.17, 15) is 28.1 Å². The minimum Gasteiger partial charge on any atom is -0.462 e. The minimum atomic E-state index is -4.39. The number of carbonyl (C=O) groups excluding carboxylic acids is 1. The van der Waals surface area contributed by atoms with Crippen LogP contribution in [0.5, 0.6) is 0 Å². The van der Waals surface area contributed by atoms with Gasteiger partial charge in [-0.1, -0.05) is 0 Å². The highest BCUT2D eigenvalue weighted by Gasteiger charge is 2.19. The van der Waals surface area contributed by atoms with Gasteiger partial charge < -0.3 is 4.74 Å². The number of azo groups is 1. The molecule has 0 bridgehead atoms. The first-order chi connectivity index (χ1) is 18.1. The number of nitrogens with zero attached hydrogens (tertiary/aromatic N) is 4. The average molecular weight is 538 g/mol. The molecular weight excluding hydrogens is 518 g/mol. The first kappa shape index (κ1) is 26.1. The van der Waals surface area contributed by atoms with Crippen LogP contribution in [-0.2, 0) is 14.9 Å². The molecule has 38 heavy (non-hydrogen) atoms. The van der Waals surface area contributed by atoms with Crippen LogP contribution in [0.2, 0.25) is 0 Å². The zero-order valence-corrected chi connectivity index (χ0v) is 20.5. The highest BCUT2D eigenvalue weighted by molar-refractivity contribution is 7.85. The van der Waals surface area contributed by atoms with Gasteiger partial charge in [-0.25, -0.2) is 9.48 Å². The normalized spacial score (nSPS) is 11.5. The van der Waals surface area contributed by atoms with Gasteiger partial charge in [-0.3, -0.25) is 24.6 Å². The van der Waals surface area contributed by atoms with Crippen molar-refractivity contribution in [2.75, 3.05) is 6.61 Å². The van der Waals surface area contributed by atoms with Crippen molar-refractivity contribution >= 4 is 33.1 Å². The van der Waals surface area contributed by atoms with Crippen molar-refractivity contribution in [3.05, 3.63) is 98.8 Å². The number of non-ortho nitro benzene ring substituents is 1. The van der Waals surface area contributed by atoms with Crippen LogP contribution in [-0.4, -0.2) is 40.3 Å². The van der Waals surface area contributed by atoms with Crippen LogP contribution in [0.1, 0.15) is 17.3 Å². The number of ether oxygens (including phenoxy) is 1. The lowest BCUT2D eigenvalue weighted by atomic mass is 10.1. The lowest BCUT2D eigenvalue weighted by Gasteiger charge is -2.05. The SMILES string of the molecule is CCOC(=O)c1ccc(-n2[nH]c(-c3ccc([N+](=O)[O-])cc3)c(N=Nc3ccc(S(=O)(=O)O)cc3)c2=O)cc1. The summed E-state index contributed by atoms with van der Waals surface area (Å²) in [5.74, 6) is -0.515.